The van der Waals surface area contributed by atoms with Crippen molar-refractivity contribution >= 4 is 10.9 Å². The number of hydrogen-bond acceptors (Lipinski definition) is 5. The summed E-state index contributed by atoms with van der Waals surface area (Å²) in [5.74, 6) is 1.63. The summed E-state index contributed by atoms with van der Waals surface area (Å²) in [6.45, 7) is 0. The molecule has 1 heterocycles. The first kappa shape index (κ1) is 13.2. The van der Waals surface area contributed by atoms with Gasteiger partial charge >= 0.3 is 5.63 Å². The maximum atomic E-state index is 12.0. The number of aromatic nitrogens is 1. The molecule has 21 heavy (non-hydrogen) atoms. The molecule has 0 radical (unpaired) electrons. The third-order valence-corrected chi connectivity index (χ3v) is 3.17. The molecule has 0 unspecified atom stereocenters. The fraction of sp³-hybridized carbons (Fsp3) is 0.125. The van der Waals surface area contributed by atoms with Gasteiger partial charge in [-0.05, 0) is 36.4 Å². The van der Waals surface area contributed by atoms with Crippen LogP contribution in [0.1, 0.15) is 0 Å². The molecule has 0 aliphatic carbocycles. The Morgan fingerprint density at radius 2 is 1.62 bits per heavy atom. The zero-order valence-electron chi connectivity index (χ0n) is 11.6. The van der Waals surface area contributed by atoms with E-state index in [0.717, 1.165) is 5.75 Å². The van der Waals surface area contributed by atoms with Crippen molar-refractivity contribution in [1.82, 2.24) is 4.98 Å². The van der Waals surface area contributed by atoms with Gasteiger partial charge in [-0.15, -0.1) is 0 Å². The lowest BCUT2D eigenvalue weighted by Gasteiger charge is -2.04. The lowest BCUT2D eigenvalue weighted by Crippen LogP contribution is -2.03. The number of ether oxygens (including phenoxy) is 2. The molecule has 1 aromatic heterocycles. The van der Waals surface area contributed by atoms with Crippen molar-refractivity contribution in [2.45, 2.75) is 0 Å². The van der Waals surface area contributed by atoms with E-state index in [1.807, 2.05) is 0 Å². The summed E-state index contributed by atoms with van der Waals surface area (Å²) in [5.41, 5.74) is 0.822. The quantitative estimate of drug-likeness (QED) is 0.739. The minimum atomic E-state index is -0.423. The van der Waals surface area contributed by atoms with Gasteiger partial charge in [-0.25, -0.2) is 9.78 Å². The molecule has 0 saturated heterocycles. The van der Waals surface area contributed by atoms with Crippen molar-refractivity contribution in [3.05, 3.63) is 52.9 Å². The highest BCUT2D eigenvalue weighted by Crippen LogP contribution is 2.23. The minimum absolute atomic E-state index is 0.267. The van der Waals surface area contributed by atoms with Gasteiger partial charge in [0.2, 0.25) is 5.89 Å². The summed E-state index contributed by atoms with van der Waals surface area (Å²) in [5, 5.41) is 0.424. The smallest absolute Gasteiger partial charge is 0.347 e. The Kier molecular flexibility index (Phi) is 3.31. The summed E-state index contributed by atoms with van der Waals surface area (Å²) in [4.78, 5) is 16.4. The summed E-state index contributed by atoms with van der Waals surface area (Å²) in [7, 11) is 3.16. The van der Waals surface area contributed by atoms with E-state index in [9.17, 15) is 4.79 Å². The summed E-state index contributed by atoms with van der Waals surface area (Å²) < 4.78 is 15.5. The fourth-order valence-electron chi connectivity index (χ4n) is 2.04. The van der Waals surface area contributed by atoms with Crippen LogP contribution in [0.5, 0.6) is 11.5 Å². The number of nitrogens with zero attached hydrogens (tertiary/aromatic N) is 1. The minimum Gasteiger partial charge on any atom is -0.497 e. The second kappa shape index (κ2) is 5.28. The Morgan fingerprint density at radius 3 is 2.29 bits per heavy atom. The second-order valence-corrected chi connectivity index (χ2v) is 4.42. The molecule has 5 heteroatoms. The molecule has 0 aliphatic heterocycles. The van der Waals surface area contributed by atoms with Gasteiger partial charge in [-0.3, -0.25) is 0 Å². The van der Waals surface area contributed by atoms with Gasteiger partial charge in [-0.2, -0.15) is 0 Å². The first-order valence-corrected chi connectivity index (χ1v) is 6.34. The molecule has 106 valence electrons. The molecule has 0 amide bonds. The molecule has 0 atom stereocenters. The zero-order chi connectivity index (χ0) is 14.8. The van der Waals surface area contributed by atoms with Crippen LogP contribution in [-0.4, -0.2) is 19.2 Å². The van der Waals surface area contributed by atoms with Crippen LogP contribution >= 0.6 is 0 Å². The topological polar surface area (TPSA) is 61.6 Å². The molecule has 2 aromatic carbocycles. The summed E-state index contributed by atoms with van der Waals surface area (Å²) in [6.07, 6.45) is 0. The third kappa shape index (κ3) is 2.45. The molecule has 0 spiro atoms. The number of benzene rings is 2. The Balaban J connectivity index is 2.15. The Morgan fingerprint density at radius 1 is 0.952 bits per heavy atom. The highest BCUT2D eigenvalue weighted by Gasteiger charge is 2.09. The van der Waals surface area contributed by atoms with E-state index in [0.29, 0.717) is 22.2 Å². The van der Waals surface area contributed by atoms with Gasteiger partial charge in [0.05, 0.1) is 25.1 Å². The number of hydrogen-bond donors (Lipinski definition) is 0. The van der Waals surface area contributed by atoms with Gasteiger partial charge in [0.15, 0.2) is 0 Å². The number of fused-ring (bicyclic) bond motifs is 1. The summed E-state index contributed by atoms with van der Waals surface area (Å²) >= 11 is 0. The molecule has 0 aliphatic rings. The highest BCUT2D eigenvalue weighted by atomic mass is 16.5. The molecule has 5 nitrogen and oxygen atoms in total. The molecule has 3 rings (SSSR count). The van der Waals surface area contributed by atoms with Crippen LogP contribution in [0.25, 0.3) is 22.4 Å². The Hall–Kier alpha value is -2.82. The molecular weight excluding hydrogens is 270 g/mol. The molecule has 0 N–H and O–H groups in total. The third-order valence-electron chi connectivity index (χ3n) is 3.17. The first-order valence-electron chi connectivity index (χ1n) is 6.34. The average Bonchev–Trinajstić information content (AvgIpc) is 2.54. The van der Waals surface area contributed by atoms with Crippen LogP contribution < -0.4 is 15.1 Å². The molecule has 3 aromatic rings. The fourth-order valence-corrected chi connectivity index (χ4v) is 2.04. The average molecular weight is 283 g/mol. The van der Waals surface area contributed by atoms with Crippen molar-refractivity contribution in [1.29, 1.82) is 0 Å². The van der Waals surface area contributed by atoms with Crippen molar-refractivity contribution in [3.63, 3.8) is 0 Å². The highest BCUT2D eigenvalue weighted by molar-refractivity contribution is 5.80. The number of rotatable bonds is 3. The second-order valence-electron chi connectivity index (χ2n) is 4.42. The standard InChI is InChI=1S/C16H13NO4/c1-19-11-5-3-10(4-6-11)15-17-14-9-12(20-2)7-8-13(14)16(18)21-15/h3-9H,1-2H3. The van der Waals surface area contributed by atoms with Crippen molar-refractivity contribution in [2.24, 2.45) is 0 Å². The largest absolute Gasteiger partial charge is 0.497 e. The predicted molar refractivity (Wildman–Crippen MR) is 78.8 cm³/mol. The van der Waals surface area contributed by atoms with Crippen molar-refractivity contribution in [3.8, 4) is 23.0 Å². The van der Waals surface area contributed by atoms with Gasteiger partial charge in [0.25, 0.3) is 0 Å². The van der Waals surface area contributed by atoms with Crippen LogP contribution in [0.3, 0.4) is 0 Å². The van der Waals surface area contributed by atoms with Crippen LogP contribution in [0.2, 0.25) is 0 Å². The molecule has 0 bridgehead atoms. The van der Waals surface area contributed by atoms with E-state index in [1.165, 1.54) is 0 Å². The maximum absolute atomic E-state index is 12.0. The normalized spacial score (nSPS) is 10.6. The van der Waals surface area contributed by atoms with E-state index < -0.39 is 5.63 Å². The molecule has 0 saturated carbocycles. The van der Waals surface area contributed by atoms with E-state index in [-0.39, 0.29) is 5.89 Å². The van der Waals surface area contributed by atoms with E-state index in [4.69, 9.17) is 13.9 Å². The van der Waals surface area contributed by atoms with Gasteiger partial charge < -0.3 is 13.9 Å². The van der Waals surface area contributed by atoms with Gasteiger partial charge in [0, 0.05) is 11.6 Å². The molecular formula is C16H13NO4. The maximum Gasteiger partial charge on any atom is 0.347 e. The van der Waals surface area contributed by atoms with Gasteiger partial charge in [-0.1, -0.05) is 0 Å². The van der Waals surface area contributed by atoms with Crippen LogP contribution in [0.4, 0.5) is 0 Å². The Bertz CT molecular complexity index is 837. The number of methoxy groups -OCH3 is 2. The molecule has 0 fully saturated rings. The first-order chi connectivity index (χ1) is 10.2. The predicted octanol–water partition coefficient (Wildman–Crippen LogP) is 2.87. The van der Waals surface area contributed by atoms with E-state index in [2.05, 4.69) is 4.98 Å². The zero-order valence-corrected chi connectivity index (χ0v) is 11.6. The lowest BCUT2D eigenvalue weighted by molar-refractivity contribution is 0.415. The van der Waals surface area contributed by atoms with Crippen LogP contribution in [-0.2, 0) is 0 Å². The van der Waals surface area contributed by atoms with Crippen molar-refractivity contribution in [2.75, 3.05) is 14.2 Å². The summed E-state index contributed by atoms with van der Waals surface area (Å²) in [6, 6.07) is 12.2. The van der Waals surface area contributed by atoms with Crippen molar-refractivity contribution < 1.29 is 13.9 Å². The SMILES string of the molecule is COc1ccc(-c2nc3cc(OC)ccc3c(=O)o2)cc1. The van der Waals surface area contributed by atoms with Crippen LogP contribution in [0, 0.1) is 0 Å². The van der Waals surface area contributed by atoms with E-state index in [1.54, 1.807) is 56.7 Å². The van der Waals surface area contributed by atoms with E-state index >= 15 is 0 Å². The van der Waals surface area contributed by atoms with Gasteiger partial charge in [0.1, 0.15) is 11.5 Å². The Labute approximate surface area is 120 Å². The monoisotopic (exact) mass is 283 g/mol. The van der Waals surface area contributed by atoms with Crippen LogP contribution in [0.15, 0.2) is 51.7 Å². The lowest BCUT2D eigenvalue weighted by atomic mass is 10.2.